The average molecular weight is 419 g/mol. The molecule has 5 heteroatoms. The predicted molar refractivity (Wildman–Crippen MR) is 105 cm³/mol. The summed E-state index contributed by atoms with van der Waals surface area (Å²) in [5, 5.41) is 0. The maximum absolute atomic E-state index is 6.13. The molecule has 118 valence electrons. The van der Waals surface area contributed by atoms with Gasteiger partial charge in [-0.15, -0.1) is 24.0 Å². The summed E-state index contributed by atoms with van der Waals surface area (Å²) in [4.78, 5) is 6.83. The minimum atomic E-state index is 0. The second-order valence-corrected chi connectivity index (χ2v) is 7.25. The van der Waals surface area contributed by atoms with Gasteiger partial charge < -0.3 is 10.6 Å². The number of aryl methyl sites for hydroxylation is 1. The summed E-state index contributed by atoms with van der Waals surface area (Å²) in [5.74, 6) is 3.00. The molecule has 1 fully saturated rings. The molecule has 0 saturated carbocycles. The second-order valence-electron chi connectivity index (χ2n) is 6.03. The quantitative estimate of drug-likeness (QED) is 0.465. The van der Waals surface area contributed by atoms with Crippen LogP contribution in [0.25, 0.3) is 0 Å². The summed E-state index contributed by atoms with van der Waals surface area (Å²) in [7, 11) is 0. The van der Waals surface area contributed by atoms with Crippen molar-refractivity contribution in [2.45, 2.75) is 26.2 Å². The van der Waals surface area contributed by atoms with Crippen molar-refractivity contribution in [3.8, 4) is 0 Å². The van der Waals surface area contributed by atoms with E-state index in [0.717, 1.165) is 31.1 Å². The second kappa shape index (κ2) is 8.27. The molecule has 0 amide bonds. The lowest BCUT2D eigenvalue weighted by molar-refractivity contribution is 0.449. The molecule has 0 unspecified atom stereocenters. The zero-order valence-electron chi connectivity index (χ0n) is 13.1. The first-order valence-corrected chi connectivity index (χ1v) is 8.34. The van der Waals surface area contributed by atoms with Gasteiger partial charge in [0.2, 0.25) is 0 Å². The van der Waals surface area contributed by atoms with Crippen molar-refractivity contribution in [3.63, 3.8) is 0 Å². The third kappa shape index (κ3) is 5.36. The summed E-state index contributed by atoms with van der Waals surface area (Å²) in [6, 6.07) is 8.66. The van der Waals surface area contributed by atoms with Crippen molar-refractivity contribution in [2.24, 2.45) is 10.7 Å². The molecule has 0 aromatic heterocycles. The van der Waals surface area contributed by atoms with Crippen LogP contribution in [0.15, 0.2) is 29.3 Å². The van der Waals surface area contributed by atoms with E-state index in [9.17, 15) is 0 Å². The number of rotatable bonds is 3. The summed E-state index contributed by atoms with van der Waals surface area (Å²) in [6.45, 7) is 9.35. The molecule has 1 heterocycles. The van der Waals surface area contributed by atoms with Crippen molar-refractivity contribution < 1.29 is 0 Å². The third-order valence-corrected chi connectivity index (χ3v) is 4.71. The Morgan fingerprint density at radius 2 is 2.00 bits per heavy atom. The van der Waals surface area contributed by atoms with Gasteiger partial charge in [0.1, 0.15) is 0 Å². The maximum Gasteiger partial charge on any atom is 0.191 e. The summed E-state index contributed by atoms with van der Waals surface area (Å²) < 4.78 is 0. The molecule has 1 aliphatic rings. The number of halogens is 1. The van der Waals surface area contributed by atoms with E-state index < -0.39 is 0 Å². The van der Waals surface area contributed by atoms with Crippen LogP contribution in [0.3, 0.4) is 0 Å². The van der Waals surface area contributed by atoms with Crippen LogP contribution in [-0.2, 0) is 5.41 Å². The number of nitrogens with zero attached hydrogens (tertiary/aromatic N) is 2. The van der Waals surface area contributed by atoms with Gasteiger partial charge in [0.25, 0.3) is 0 Å². The summed E-state index contributed by atoms with van der Waals surface area (Å²) >= 11 is 1.99. The average Bonchev–Trinajstić information content (AvgIpc) is 2.46. The van der Waals surface area contributed by atoms with Gasteiger partial charge in [-0.3, -0.25) is 4.99 Å². The molecule has 2 rings (SSSR count). The highest BCUT2D eigenvalue weighted by molar-refractivity contribution is 14.0. The van der Waals surface area contributed by atoms with Crippen LogP contribution >= 0.6 is 35.7 Å². The summed E-state index contributed by atoms with van der Waals surface area (Å²) in [5.41, 5.74) is 8.76. The Labute approximate surface area is 149 Å². The fourth-order valence-corrected chi connectivity index (χ4v) is 3.23. The standard InChI is InChI=1S/C16H25N3S.HI/c1-13-5-4-6-14(11-13)16(2,3)12-18-15(17)19-7-9-20-10-8-19;/h4-6,11H,7-10,12H2,1-3H3,(H2,17,18);1H. The smallest absolute Gasteiger partial charge is 0.191 e. The third-order valence-electron chi connectivity index (χ3n) is 3.77. The van der Waals surface area contributed by atoms with Crippen molar-refractivity contribution in [3.05, 3.63) is 35.4 Å². The van der Waals surface area contributed by atoms with Gasteiger partial charge in [-0.1, -0.05) is 43.7 Å². The van der Waals surface area contributed by atoms with Crippen molar-refractivity contribution in [1.82, 2.24) is 4.90 Å². The van der Waals surface area contributed by atoms with Crippen LogP contribution in [0.1, 0.15) is 25.0 Å². The number of nitrogens with two attached hydrogens (primary N) is 1. The molecule has 0 spiro atoms. The number of hydrogen-bond donors (Lipinski definition) is 1. The molecular formula is C16H26IN3S. The van der Waals surface area contributed by atoms with E-state index >= 15 is 0 Å². The molecule has 0 radical (unpaired) electrons. The Morgan fingerprint density at radius 3 is 2.62 bits per heavy atom. The van der Waals surface area contributed by atoms with Crippen molar-refractivity contribution in [2.75, 3.05) is 31.1 Å². The first kappa shape index (κ1) is 18.6. The van der Waals surface area contributed by atoms with Gasteiger partial charge in [0.15, 0.2) is 5.96 Å². The van der Waals surface area contributed by atoms with E-state index in [1.54, 1.807) is 0 Å². The Balaban J connectivity index is 0.00000220. The highest BCUT2D eigenvalue weighted by Gasteiger charge is 2.21. The molecule has 1 aromatic carbocycles. The lowest BCUT2D eigenvalue weighted by atomic mass is 9.84. The van der Waals surface area contributed by atoms with Crippen LogP contribution < -0.4 is 5.73 Å². The normalized spacial score (nSPS) is 16.5. The Morgan fingerprint density at radius 1 is 1.33 bits per heavy atom. The van der Waals surface area contributed by atoms with Crippen LogP contribution in [0.4, 0.5) is 0 Å². The van der Waals surface area contributed by atoms with Crippen LogP contribution in [0.5, 0.6) is 0 Å². The number of aliphatic imine (C=N–C) groups is 1. The molecule has 1 aliphatic heterocycles. The van der Waals surface area contributed by atoms with Crippen molar-refractivity contribution in [1.29, 1.82) is 0 Å². The fraction of sp³-hybridized carbons (Fsp3) is 0.562. The van der Waals surface area contributed by atoms with Crippen LogP contribution in [-0.4, -0.2) is 42.0 Å². The molecular weight excluding hydrogens is 393 g/mol. The van der Waals surface area contributed by atoms with E-state index in [1.165, 1.54) is 11.1 Å². The van der Waals surface area contributed by atoms with E-state index in [0.29, 0.717) is 5.96 Å². The lowest BCUT2D eigenvalue weighted by Gasteiger charge is -2.29. The molecule has 2 N–H and O–H groups in total. The molecule has 0 atom stereocenters. The number of thioether (sulfide) groups is 1. The predicted octanol–water partition coefficient (Wildman–Crippen LogP) is 3.25. The van der Waals surface area contributed by atoms with Gasteiger partial charge in [0.05, 0.1) is 6.54 Å². The fourth-order valence-electron chi connectivity index (χ4n) is 2.33. The molecule has 0 aliphatic carbocycles. The van der Waals surface area contributed by atoms with Gasteiger partial charge in [-0.05, 0) is 12.5 Å². The molecule has 21 heavy (non-hydrogen) atoms. The van der Waals surface area contributed by atoms with E-state index in [2.05, 4.69) is 54.9 Å². The minimum Gasteiger partial charge on any atom is -0.370 e. The van der Waals surface area contributed by atoms with Crippen LogP contribution in [0, 0.1) is 6.92 Å². The van der Waals surface area contributed by atoms with Gasteiger partial charge in [-0.2, -0.15) is 11.8 Å². The molecule has 1 aromatic rings. The SMILES string of the molecule is Cc1cccc(C(C)(C)CN=C(N)N2CCSCC2)c1.I. The number of hydrogen-bond acceptors (Lipinski definition) is 2. The van der Waals surface area contributed by atoms with E-state index in [4.69, 9.17) is 5.73 Å². The zero-order valence-corrected chi connectivity index (χ0v) is 16.3. The van der Waals surface area contributed by atoms with Gasteiger partial charge in [0, 0.05) is 30.0 Å². The first-order valence-electron chi connectivity index (χ1n) is 7.19. The van der Waals surface area contributed by atoms with Gasteiger partial charge in [-0.25, -0.2) is 0 Å². The highest BCUT2D eigenvalue weighted by Crippen LogP contribution is 2.24. The topological polar surface area (TPSA) is 41.6 Å². The number of benzene rings is 1. The summed E-state index contributed by atoms with van der Waals surface area (Å²) in [6.07, 6.45) is 0. The lowest BCUT2D eigenvalue weighted by Crippen LogP contribution is -2.43. The molecule has 3 nitrogen and oxygen atoms in total. The van der Waals surface area contributed by atoms with E-state index in [-0.39, 0.29) is 29.4 Å². The largest absolute Gasteiger partial charge is 0.370 e. The van der Waals surface area contributed by atoms with E-state index in [1.807, 2.05) is 11.8 Å². The minimum absolute atomic E-state index is 0. The van der Waals surface area contributed by atoms with Crippen molar-refractivity contribution >= 4 is 41.7 Å². The zero-order chi connectivity index (χ0) is 14.6. The molecule has 0 bridgehead atoms. The Bertz CT molecular complexity index is 482. The van der Waals surface area contributed by atoms with Crippen LogP contribution in [0.2, 0.25) is 0 Å². The molecule has 1 saturated heterocycles. The van der Waals surface area contributed by atoms with Gasteiger partial charge >= 0.3 is 0 Å². The Kier molecular flexibility index (Phi) is 7.33. The Hall–Kier alpha value is -0.430. The maximum atomic E-state index is 6.13. The first-order chi connectivity index (χ1) is 9.49. The monoisotopic (exact) mass is 419 g/mol. The highest BCUT2D eigenvalue weighted by atomic mass is 127. The number of guanidine groups is 1.